The van der Waals surface area contributed by atoms with E-state index in [9.17, 15) is 9.59 Å². The number of hydrogen-bond donors (Lipinski definition) is 2. The number of pyridine rings is 1. The molecule has 6 heteroatoms. The van der Waals surface area contributed by atoms with Crippen molar-refractivity contribution in [2.24, 2.45) is 0 Å². The van der Waals surface area contributed by atoms with Crippen molar-refractivity contribution in [2.75, 3.05) is 7.11 Å². The van der Waals surface area contributed by atoms with Gasteiger partial charge < -0.3 is 19.9 Å². The Morgan fingerprint density at radius 2 is 1.81 bits per heavy atom. The number of nitrogens with one attached hydrogen (secondary N) is 2. The van der Waals surface area contributed by atoms with E-state index in [1.54, 1.807) is 12.0 Å². The first-order valence-corrected chi connectivity index (χ1v) is 11.3. The summed E-state index contributed by atoms with van der Waals surface area (Å²) in [7, 11) is 1.63. The van der Waals surface area contributed by atoms with E-state index >= 15 is 0 Å². The first kappa shape index (κ1) is 21.9. The molecule has 0 atom stereocenters. The molecule has 0 unspecified atom stereocenters. The summed E-state index contributed by atoms with van der Waals surface area (Å²) in [5.74, 6) is 0.728. The number of aromatic nitrogens is 1. The lowest BCUT2D eigenvalue weighted by atomic mass is 9.96. The smallest absolute Gasteiger partial charge is 0.318 e. The molecule has 3 aromatic rings. The third-order valence-corrected chi connectivity index (χ3v) is 6.21. The van der Waals surface area contributed by atoms with Crippen molar-refractivity contribution in [2.45, 2.75) is 58.2 Å². The molecule has 4 rings (SSSR count). The van der Waals surface area contributed by atoms with Crippen LogP contribution in [0.5, 0.6) is 5.75 Å². The van der Waals surface area contributed by atoms with Gasteiger partial charge in [0.15, 0.2) is 0 Å². The second-order valence-corrected chi connectivity index (χ2v) is 8.67. The molecule has 0 bridgehead atoms. The fourth-order valence-corrected chi connectivity index (χ4v) is 4.43. The van der Waals surface area contributed by atoms with E-state index in [0.29, 0.717) is 12.1 Å². The summed E-state index contributed by atoms with van der Waals surface area (Å²) in [6.07, 6.45) is 5.51. The van der Waals surface area contributed by atoms with Gasteiger partial charge in [-0.05, 0) is 48.9 Å². The van der Waals surface area contributed by atoms with Crippen molar-refractivity contribution in [3.05, 3.63) is 75.6 Å². The predicted octanol–water partition coefficient (Wildman–Crippen LogP) is 4.89. The number of fused-ring (bicyclic) bond motifs is 1. The maximum absolute atomic E-state index is 13.3. The van der Waals surface area contributed by atoms with E-state index in [1.165, 1.54) is 6.42 Å². The van der Waals surface area contributed by atoms with Crippen molar-refractivity contribution in [1.29, 1.82) is 0 Å². The molecule has 1 aromatic heterocycles. The van der Waals surface area contributed by atoms with Gasteiger partial charge in [-0.2, -0.15) is 0 Å². The minimum atomic E-state index is -0.168. The first-order chi connectivity index (χ1) is 15.5. The van der Waals surface area contributed by atoms with Crippen LogP contribution in [-0.2, 0) is 13.1 Å². The van der Waals surface area contributed by atoms with E-state index in [-0.39, 0.29) is 24.2 Å². The van der Waals surface area contributed by atoms with Crippen LogP contribution in [0, 0.1) is 6.92 Å². The van der Waals surface area contributed by atoms with Gasteiger partial charge in [-0.1, -0.05) is 49.6 Å². The third kappa shape index (κ3) is 5.13. The number of rotatable bonds is 6. The SMILES string of the molecule is COc1ccccc1CN(Cc1cc2ccc(C)cc2[nH]c1=O)C(=O)NC1CCCCC1. The Balaban J connectivity index is 1.62. The highest BCUT2D eigenvalue weighted by molar-refractivity contribution is 5.80. The molecule has 1 aliphatic rings. The number of nitrogens with zero attached hydrogens (tertiary/aromatic N) is 1. The fraction of sp³-hybridized carbons (Fsp3) is 0.385. The van der Waals surface area contributed by atoms with E-state index in [1.807, 2.05) is 55.5 Å². The van der Waals surface area contributed by atoms with Gasteiger partial charge in [-0.25, -0.2) is 4.79 Å². The van der Waals surface area contributed by atoms with Crippen LogP contribution in [0.3, 0.4) is 0 Å². The minimum Gasteiger partial charge on any atom is -0.496 e. The monoisotopic (exact) mass is 433 g/mol. The van der Waals surface area contributed by atoms with Crippen LogP contribution >= 0.6 is 0 Å². The molecular weight excluding hydrogens is 402 g/mol. The van der Waals surface area contributed by atoms with Crippen LogP contribution in [0.1, 0.15) is 48.8 Å². The number of carbonyl (C=O) groups is 1. The maximum Gasteiger partial charge on any atom is 0.318 e. The van der Waals surface area contributed by atoms with Gasteiger partial charge in [0, 0.05) is 22.7 Å². The highest BCUT2D eigenvalue weighted by Crippen LogP contribution is 2.22. The zero-order valence-electron chi connectivity index (χ0n) is 18.8. The molecule has 2 aromatic carbocycles. The molecule has 168 valence electrons. The Morgan fingerprint density at radius 1 is 1.06 bits per heavy atom. The average molecular weight is 434 g/mol. The number of amides is 2. The molecule has 0 radical (unpaired) electrons. The molecule has 0 spiro atoms. The Morgan fingerprint density at radius 3 is 2.59 bits per heavy atom. The van der Waals surface area contributed by atoms with Crippen LogP contribution in [0.2, 0.25) is 0 Å². The van der Waals surface area contributed by atoms with Crippen LogP contribution in [0.25, 0.3) is 10.9 Å². The minimum absolute atomic E-state index is 0.147. The van der Waals surface area contributed by atoms with Gasteiger partial charge >= 0.3 is 6.03 Å². The Labute approximate surface area is 188 Å². The van der Waals surface area contributed by atoms with Gasteiger partial charge in [0.1, 0.15) is 5.75 Å². The summed E-state index contributed by atoms with van der Waals surface area (Å²) in [5, 5.41) is 4.15. The lowest BCUT2D eigenvalue weighted by Crippen LogP contribution is -2.45. The lowest BCUT2D eigenvalue weighted by Gasteiger charge is -2.29. The fourth-order valence-electron chi connectivity index (χ4n) is 4.43. The largest absolute Gasteiger partial charge is 0.496 e. The van der Waals surface area contributed by atoms with Crippen molar-refractivity contribution < 1.29 is 9.53 Å². The van der Waals surface area contributed by atoms with Crippen molar-refractivity contribution >= 4 is 16.9 Å². The quantitative estimate of drug-likeness (QED) is 0.581. The van der Waals surface area contributed by atoms with E-state index < -0.39 is 0 Å². The van der Waals surface area contributed by atoms with Crippen LogP contribution < -0.4 is 15.6 Å². The standard InChI is InChI=1S/C26H31N3O3/c1-18-12-13-19-15-21(25(30)28-23(19)14-18)17-29(16-20-8-6-7-11-24(20)32-2)26(31)27-22-9-4-3-5-10-22/h6-8,11-15,22H,3-5,9-10,16-17H2,1-2H3,(H,27,31)(H,28,30). The summed E-state index contributed by atoms with van der Waals surface area (Å²) in [4.78, 5) is 30.8. The van der Waals surface area contributed by atoms with E-state index in [0.717, 1.165) is 53.5 Å². The van der Waals surface area contributed by atoms with Gasteiger partial charge in [0.25, 0.3) is 5.56 Å². The molecule has 1 fully saturated rings. The number of hydrogen-bond acceptors (Lipinski definition) is 3. The number of ether oxygens (including phenoxy) is 1. The number of para-hydroxylation sites is 1. The second kappa shape index (κ2) is 9.90. The number of urea groups is 1. The first-order valence-electron chi connectivity index (χ1n) is 11.3. The Kier molecular flexibility index (Phi) is 6.78. The number of aryl methyl sites for hydroxylation is 1. The zero-order chi connectivity index (χ0) is 22.5. The topological polar surface area (TPSA) is 74.4 Å². The number of H-pyrrole nitrogens is 1. The summed E-state index contributed by atoms with van der Waals surface area (Å²) in [5.41, 5.74) is 3.20. The molecule has 6 nitrogen and oxygen atoms in total. The predicted molar refractivity (Wildman–Crippen MR) is 127 cm³/mol. The molecule has 0 aliphatic heterocycles. The molecule has 1 heterocycles. The summed E-state index contributed by atoms with van der Waals surface area (Å²) in [6.45, 7) is 2.57. The molecule has 1 saturated carbocycles. The third-order valence-electron chi connectivity index (χ3n) is 6.21. The van der Waals surface area contributed by atoms with Crippen LogP contribution in [0.15, 0.2) is 53.3 Å². The Bertz CT molecular complexity index is 1150. The summed E-state index contributed by atoms with van der Waals surface area (Å²) < 4.78 is 5.49. The van der Waals surface area contributed by atoms with Crippen LogP contribution in [0.4, 0.5) is 4.79 Å². The van der Waals surface area contributed by atoms with Gasteiger partial charge in [-0.15, -0.1) is 0 Å². The average Bonchev–Trinajstić information content (AvgIpc) is 2.80. The number of methoxy groups -OCH3 is 1. The maximum atomic E-state index is 13.3. The van der Waals surface area contributed by atoms with Gasteiger partial charge in [-0.3, -0.25) is 4.79 Å². The molecule has 1 aliphatic carbocycles. The molecule has 2 N–H and O–H groups in total. The molecule has 32 heavy (non-hydrogen) atoms. The molecular formula is C26H31N3O3. The van der Waals surface area contributed by atoms with Crippen molar-refractivity contribution in [3.8, 4) is 5.75 Å². The van der Waals surface area contributed by atoms with E-state index in [2.05, 4.69) is 10.3 Å². The zero-order valence-corrected chi connectivity index (χ0v) is 18.8. The van der Waals surface area contributed by atoms with E-state index in [4.69, 9.17) is 4.74 Å². The Hall–Kier alpha value is -3.28. The number of carbonyl (C=O) groups excluding carboxylic acids is 1. The van der Waals surface area contributed by atoms with Gasteiger partial charge in [0.2, 0.25) is 0 Å². The van der Waals surface area contributed by atoms with Crippen molar-refractivity contribution in [3.63, 3.8) is 0 Å². The van der Waals surface area contributed by atoms with Crippen molar-refractivity contribution in [1.82, 2.24) is 15.2 Å². The second-order valence-electron chi connectivity index (χ2n) is 8.67. The number of benzene rings is 2. The van der Waals surface area contributed by atoms with Crippen LogP contribution in [-0.4, -0.2) is 29.1 Å². The van der Waals surface area contributed by atoms with Gasteiger partial charge in [0.05, 0.1) is 20.2 Å². The highest BCUT2D eigenvalue weighted by atomic mass is 16.5. The lowest BCUT2D eigenvalue weighted by molar-refractivity contribution is 0.183. The normalized spacial score (nSPS) is 14.3. The molecule has 2 amide bonds. The molecule has 0 saturated heterocycles. The summed E-state index contributed by atoms with van der Waals surface area (Å²) >= 11 is 0. The summed E-state index contributed by atoms with van der Waals surface area (Å²) in [6, 6.07) is 15.6. The number of aromatic amines is 1. The highest BCUT2D eigenvalue weighted by Gasteiger charge is 2.22.